The summed E-state index contributed by atoms with van der Waals surface area (Å²) in [5.41, 5.74) is 1.49. The third-order valence-corrected chi connectivity index (χ3v) is 3.71. The highest BCUT2D eigenvalue weighted by atomic mass is 35.5. The van der Waals surface area contributed by atoms with Gasteiger partial charge in [0.1, 0.15) is 0 Å². The Kier molecular flexibility index (Phi) is 3.65. The molecule has 5 heteroatoms. The first kappa shape index (κ1) is 13.1. The summed E-state index contributed by atoms with van der Waals surface area (Å²) in [5.74, 6) is 0.812. The fourth-order valence-corrected chi connectivity index (χ4v) is 2.27. The lowest BCUT2D eigenvalue weighted by molar-refractivity contribution is -0.122. The van der Waals surface area contributed by atoms with Crippen molar-refractivity contribution in [2.75, 3.05) is 5.32 Å². The third kappa shape index (κ3) is 2.80. The predicted molar refractivity (Wildman–Crippen MR) is 78.4 cm³/mol. The number of nitrogens with one attached hydrogen (secondary N) is 1. The van der Waals surface area contributed by atoms with Gasteiger partial charge in [-0.05, 0) is 25.0 Å². The highest BCUT2D eigenvalue weighted by Gasteiger charge is 2.25. The second-order valence-corrected chi connectivity index (χ2v) is 5.36. The molecule has 0 aliphatic heterocycles. The summed E-state index contributed by atoms with van der Waals surface area (Å²) in [5, 5.41) is 3.49. The second-order valence-electron chi connectivity index (χ2n) is 4.92. The molecule has 1 amide bonds. The van der Waals surface area contributed by atoms with Gasteiger partial charge in [0.2, 0.25) is 5.91 Å². The van der Waals surface area contributed by atoms with Gasteiger partial charge in [-0.2, -0.15) is 0 Å². The van der Waals surface area contributed by atoms with Gasteiger partial charge in [0.25, 0.3) is 0 Å². The van der Waals surface area contributed by atoms with Crippen LogP contribution >= 0.6 is 11.6 Å². The van der Waals surface area contributed by atoms with Crippen molar-refractivity contribution >= 4 is 23.2 Å². The maximum atomic E-state index is 11.8. The van der Waals surface area contributed by atoms with E-state index in [0.29, 0.717) is 16.5 Å². The van der Waals surface area contributed by atoms with Crippen LogP contribution in [0.5, 0.6) is 0 Å². The summed E-state index contributed by atoms with van der Waals surface area (Å²) >= 11 is 5.94. The van der Waals surface area contributed by atoms with E-state index in [2.05, 4.69) is 15.3 Å². The van der Waals surface area contributed by atoms with Crippen molar-refractivity contribution in [3.05, 3.63) is 41.7 Å². The van der Waals surface area contributed by atoms with Crippen molar-refractivity contribution in [3.63, 3.8) is 0 Å². The van der Waals surface area contributed by atoms with E-state index in [0.717, 1.165) is 24.8 Å². The SMILES string of the molecule is O=C(Nc1cnc(-c2cccc(Cl)c2)nc1)C1CCC1. The molecule has 20 heavy (non-hydrogen) atoms. The first-order valence-electron chi connectivity index (χ1n) is 6.61. The summed E-state index contributed by atoms with van der Waals surface area (Å²) in [6, 6.07) is 7.36. The molecule has 1 heterocycles. The number of carbonyl (C=O) groups is 1. The third-order valence-electron chi connectivity index (χ3n) is 3.48. The molecule has 0 saturated heterocycles. The Morgan fingerprint density at radius 1 is 1.25 bits per heavy atom. The molecule has 0 atom stereocenters. The maximum Gasteiger partial charge on any atom is 0.227 e. The molecule has 0 bridgehead atoms. The van der Waals surface area contributed by atoms with Crippen LogP contribution in [0.4, 0.5) is 5.69 Å². The zero-order chi connectivity index (χ0) is 13.9. The number of hydrogen-bond acceptors (Lipinski definition) is 3. The van der Waals surface area contributed by atoms with Crippen LogP contribution < -0.4 is 5.32 Å². The summed E-state index contributed by atoms with van der Waals surface area (Å²) in [6.45, 7) is 0. The average Bonchev–Trinajstić information content (AvgIpc) is 2.37. The Balaban J connectivity index is 1.72. The number of hydrogen-bond donors (Lipinski definition) is 1. The second kappa shape index (κ2) is 5.59. The Hall–Kier alpha value is -1.94. The minimum Gasteiger partial charge on any atom is -0.323 e. The molecule has 1 fully saturated rings. The zero-order valence-corrected chi connectivity index (χ0v) is 11.6. The molecule has 2 aromatic rings. The molecule has 3 rings (SSSR count). The van der Waals surface area contributed by atoms with Crippen LogP contribution in [-0.4, -0.2) is 15.9 Å². The van der Waals surface area contributed by atoms with Crippen molar-refractivity contribution in [1.82, 2.24) is 9.97 Å². The van der Waals surface area contributed by atoms with Crippen LogP contribution in [0.2, 0.25) is 5.02 Å². The number of nitrogens with zero attached hydrogens (tertiary/aromatic N) is 2. The molecule has 1 aliphatic rings. The topological polar surface area (TPSA) is 54.9 Å². The van der Waals surface area contributed by atoms with E-state index in [1.54, 1.807) is 18.5 Å². The molecule has 1 saturated carbocycles. The molecular weight excluding hydrogens is 274 g/mol. The minimum atomic E-state index is 0.0651. The molecule has 1 aromatic heterocycles. The number of aromatic nitrogens is 2. The monoisotopic (exact) mass is 287 g/mol. The smallest absolute Gasteiger partial charge is 0.227 e. The number of halogens is 1. The van der Waals surface area contributed by atoms with Gasteiger partial charge < -0.3 is 5.32 Å². The fourth-order valence-electron chi connectivity index (χ4n) is 2.08. The van der Waals surface area contributed by atoms with Crippen molar-refractivity contribution in [2.45, 2.75) is 19.3 Å². The standard InChI is InChI=1S/C15H14ClN3O/c16-12-6-2-5-11(7-12)14-17-8-13(9-18-14)19-15(20)10-3-1-4-10/h2,5-10H,1,3-4H2,(H,19,20). The molecular formula is C15H14ClN3O. The van der Waals surface area contributed by atoms with E-state index in [-0.39, 0.29) is 11.8 Å². The first-order valence-corrected chi connectivity index (χ1v) is 6.99. The number of amides is 1. The first-order chi connectivity index (χ1) is 9.72. The van der Waals surface area contributed by atoms with Gasteiger partial charge in [0, 0.05) is 16.5 Å². The van der Waals surface area contributed by atoms with Gasteiger partial charge in [-0.1, -0.05) is 30.2 Å². The van der Waals surface area contributed by atoms with Crippen LogP contribution in [0, 0.1) is 5.92 Å². The lowest BCUT2D eigenvalue weighted by Crippen LogP contribution is -2.28. The molecule has 4 nitrogen and oxygen atoms in total. The molecule has 1 aromatic carbocycles. The quantitative estimate of drug-likeness (QED) is 0.939. The van der Waals surface area contributed by atoms with Gasteiger partial charge in [0.05, 0.1) is 18.1 Å². The molecule has 0 radical (unpaired) electrons. The Bertz CT molecular complexity index is 623. The Morgan fingerprint density at radius 2 is 2.00 bits per heavy atom. The van der Waals surface area contributed by atoms with Gasteiger partial charge in [-0.25, -0.2) is 9.97 Å². The van der Waals surface area contributed by atoms with Crippen LogP contribution in [-0.2, 0) is 4.79 Å². The largest absolute Gasteiger partial charge is 0.323 e. The van der Waals surface area contributed by atoms with E-state index >= 15 is 0 Å². The number of benzene rings is 1. The average molecular weight is 288 g/mol. The summed E-state index contributed by atoms with van der Waals surface area (Å²) in [4.78, 5) is 20.3. The lowest BCUT2D eigenvalue weighted by atomic mass is 9.85. The molecule has 0 spiro atoms. The normalized spacial score (nSPS) is 14.7. The Morgan fingerprint density at radius 3 is 2.60 bits per heavy atom. The lowest BCUT2D eigenvalue weighted by Gasteiger charge is -2.23. The van der Waals surface area contributed by atoms with Gasteiger partial charge >= 0.3 is 0 Å². The molecule has 102 valence electrons. The summed E-state index contributed by atoms with van der Waals surface area (Å²) < 4.78 is 0. The maximum absolute atomic E-state index is 11.8. The predicted octanol–water partition coefficient (Wildman–Crippen LogP) is 3.54. The van der Waals surface area contributed by atoms with Crippen molar-refractivity contribution in [3.8, 4) is 11.4 Å². The van der Waals surface area contributed by atoms with Crippen molar-refractivity contribution < 1.29 is 4.79 Å². The highest BCUT2D eigenvalue weighted by Crippen LogP contribution is 2.27. The zero-order valence-electron chi connectivity index (χ0n) is 10.8. The fraction of sp³-hybridized carbons (Fsp3) is 0.267. The van der Waals surface area contributed by atoms with Crippen LogP contribution in [0.15, 0.2) is 36.7 Å². The molecule has 0 unspecified atom stereocenters. The van der Waals surface area contributed by atoms with E-state index in [9.17, 15) is 4.79 Å². The van der Waals surface area contributed by atoms with E-state index in [1.165, 1.54) is 0 Å². The highest BCUT2D eigenvalue weighted by molar-refractivity contribution is 6.30. The van der Waals surface area contributed by atoms with Crippen LogP contribution in [0.1, 0.15) is 19.3 Å². The number of anilines is 1. The number of rotatable bonds is 3. The van der Waals surface area contributed by atoms with Crippen molar-refractivity contribution in [1.29, 1.82) is 0 Å². The summed E-state index contributed by atoms with van der Waals surface area (Å²) in [7, 11) is 0. The van der Waals surface area contributed by atoms with Crippen LogP contribution in [0.3, 0.4) is 0 Å². The van der Waals surface area contributed by atoms with Crippen LogP contribution in [0.25, 0.3) is 11.4 Å². The Labute approximate surface area is 122 Å². The number of carbonyl (C=O) groups excluding carboxylic acids is 1. The van der Waals surface area contributed by atoms with Gasteiger partial charge in [0.15, 0.2) is 5.82 Å². The van der Waals surface area contributed by atoms with E-state index in [1.807, 2.05) is 18.2 Å². The molecule has 1 N–H and O–H groups in total. The summed E-state index contributed by atoms with van der Waals surface area (Å²) in [6.07, 6.45) is 6.35. The van der Waals surface area contributed by atoms with Gasteiger partial charge in [-0.15, -0.1) is 0 Å². The van der Waals surface area contributed by atoms with E-state index < -0.39 is 0 Å². The van der Waals surface area contributed by atoms with Gasteiger partial charge in [-0.3, -0.25) is 4.79 Å². The van der Waals surface area contributed by atoms with Crippen molar-refractivity contribution in [2.24, 2.45) is 5.92 Å². The molecule has 1 aliphatic carbocycles. The van der Waals surface area contributed by atoms with E-state index in [4.69, 9.17) is 11.6 Å². The minimum absolute atomic E-state index is 0.0651.